The van der Waals surface area contributed by atoms with Crippen molar-refractivity contribution in [1.29, 1.82) is 0 Å². The molecule has 0 bridgehead atoms. The van der Waals surface area contributed by atoms with Gasteiger partial charge in [-0.05, 0) is 19.9 Å². The van der Waals surface area contributed by atoms with Crippen LogP contribution in [0.1, 0.15) is 44.9 Å². The van der Waals surface area contributed by atoms with Crippen LogP contribution in [0.15, 0.2) is 0 Å². The molecular weight excluding hydrogens is 154 g/mol. The quantitative estimate of drug-likeness (QED) is 0.644. The fraction of sp³-hybridized carbons (Fsp3) is 1.00. The minimum Gasteiger partial charge on any atom is -0.267 e. The summed E-state index contributed by atoms with van der Waals surface area (Å²) < 4.78 is 3.20. The molecule has 1 saturated carbocycles. The molecule has 0 amide bonds. The largest absolute Gasteiger partial charge is 0.267 e. The van der Waals surface area contributed by atoms with Crippen molar-refractivity contribution in [3.8, 4) is 0 Å². The first-order valence-electron chi connectivity index (χ1n) is 4.76. The molecule has 1 aliphatic carbocycles. The zero-order chi connectivity index (χ0) is 7.94. The first-order chi connectivity index (χ1) is 5.43. The third-order valence-electron chi connectivity index (χ3n) is 2.34. The molecule has 0 saturated heterocycles. The lowest BCUT2D eigenvalue weighted by Crippen LogP contribution is -2.10. The SMILES string of the molecule is CNSC1CCCCCCC1. The summed E-state index contributed by atoms with van der Waals surface area (Å²) in [4.78, 5) is 0. The predicted molar refractivity (Wildman–Crippen MR) is 52.8 cm³/mol. The van der Waals surface area contributed by atoms with Gasteiger partial charge in [-0.2, -0.15) is 0 Å². The van der Waals surface area contributed by atoms with E-state index in [0.717, 1.165) is 5.25 Å². The Bertz CT molecular complexity index is 87.6. The van der Waals surface area contributed by atoms with Crippen molar-refractivity contribution in [1.82, 2.24) is 4.72 Å². The van der Waals surface area contributed by atoms with Crippen molar-refractivity contribution >= 4 is 11.9 Å². The normalized spacial score (nSPS) is 22.6. The van der Waals surface area contributed by atoms with E-state index in [-0.39, 0.29) is 0 Å². The lowest BCUT2D eigenvalue weighted by Gasteiger charge is -2.17. The van der Waals surface area contributed by atoms with Gasteiger partial charge in [0.25, 0.3) is 0 Å². The van der Waals surface area contributed by atoms with Gasteiger partial charge in [-0.1, -0.05) is 44.1 Å². The van der Waals surface area contributed by atoms with Gasteiger partial charge in [-0.15, -0.1) is 0 Å². The van der Waals surface area contributed by atoms with Gasteiger partial charge >= 0.3 is 0 Å². The van der Waals surface area contributed by atoms with E-state index in [1.807, 2.05) is 19.0 Å². The summed E-state index contributed by atoms with van der Waals surface area (Å²) in [5.74, 6) is 0. The summed E-state index contributed by atoms with van der Waals surface area (Å²) in [6.07, 6.45) is 10.1. The third-order valence-corrected chi connectivity index (χ3v) is 3.38. The molecule has 0 aromatic carbocycles. The molecule has 11 heavy (non-hydrogen) atoms. The van der Waals surface area contributed by atoms with Crippen LogP contribution in [0.4, 0.5) is 0 Å². The summed E-state index contributed by atoms with van der Waals surface area (Å²) in [6, 6.07) is 0. The zero-order valence-electron chi connectivity index (χ0n) is 7.44. The second kappa shape index (κ2) is 5.90. The van der Waals surface area contributed by atoms with E-state index < -0.39 is 0 Å². The van der Waals surface area contributed by atoms with Gasteiger partial charge < -0.3 is 0 Å². The molecule has 1 rings (SSSR count). The predicted octanol–water partition coefficient (Wildman–Crippen LogP) is 2.97. The molecule has 0 atom stereocenters. The van der Waals surface area contributed by atoms with Crippen LogP contribution in [0.5, 0.6) is 0 Å². The van der Waals surface area contributed by atoms with Crippen molar-refractivity contribution in [2.45, 2.75) is 50.2 Å². The van der Waals surface area contributed by atoms with E-state index in [9.17, 15) is 0 Å². The van der Waals surface area contributed by atoms with E-state index in [2.05, 4.69) is 4.72 Å². The van der Waals surface area contributed by atoms with Gasteiger partial charge in [0.05, 0.1) is 0 Å². The molecule has 0 unspecified atom stereocenters. The Hall–Kier alpha value is 0.310. The molecule has 1 N–H and O–H groups in total. The number of hydrogen-bond acceptors (Lipinski definition) is 2. The molecule has 66 valence electrons. The highest BCUT2D eigenvalue weighted by Crippen LogP contribution is 2.24. The van der Waals surface area contributed by atoms with Gasteiger partial charge in [0.2, 0.25) is 0 Å². The van der Waals surface area contributed by atoms with Crippen molar-refractivity contribution in [2.75, 3.05) is 7.05 Å². The van der Waals surface area contributed by atoms with Crippen molar-refractivity contribution in [2.24, 2.45) is 0 Å². The van der Waals surface area contributed by atoms with Crippen LogP contribution in [-0.4, -0.2) is 12.3 Å². The standard InChI is InChI=1S/C9H19NS/c1-10-11-9-7-5-3-2-4-6-8-9/h9-10H,2-8H2,1H3. The molecule has 0 aromatic rings. The Morgan fingerprint density at radius 2 is 1.55 bits per heavy atom. The maximum Gasteiger partial charge on any atom is 0.0192 e. The molecule has 1 fully saturated rings. The summed E-state index contributed by atoms with van der Waals surface area (Å²) in [5, 5.41) is 0.889. The highest BCUT2D eigenvalue weighted by molar-refractivity contribution is 7.98. The van der Waals surface area contributed by atoms with Gasteiger partial charge in [-0.25, -0.2) is 0 Å². The summed E-state index contributed by atoms with van der Waals surface area (Å²) >= 11 is 1.92. The van der Waals surface area contributed by atoms with Gasteiger partial charge in [0, 0.05) is 5.25 Å². The molecule has 0 aliphatic heterocycles. The molecule has 0 heterocycles. The van der Waals surface area contributed by atoms with Gasteiger partial charge in [-0.3, -0.25) is 4.72 Å². The highest BCUT2D eigenvalue weighted by atomic mass is 32.2. The highest BCUT2D eigenvalue weighted by Gasteiger charge is 2.10. The van der Waals surface area contributed by atoms with Crippen LogP contribution >= 0.6 is 11.9 Å². The van der Waals surface area contributed by atoms with E-state index in [4.69, 9.17) is 0 Å². The first kappa shape index (κ1) is 9.40. The molecule has 1 aliphatic rings. The minimum atomic E-state index is 0.889. The van der Waals surface area contributed by atoms with Crippen molar-refractivity contribution < 1.29 is 0 Å². The lowest BCUT2D eigenvalue weighted by atomic mass is 10.0. The Balaban J connectivity index is 2.15. The smallest absolute Gasteiger partial charge is 0.0192 e. The molecular formula is C9H19NS. The van der Waals surface area contributed by atoms with E-state index in [0.29, 0.717) is 0 Å². The number of hydrogen-bond donors (Lipinski definition) is 1. The van der Waals surface area contributed by atoms with Crippen LogP contribution < -0.4 is 4.72 Å². The summed E-state index contributed by atoms with van der Waals surface area (Å²) in [6.45, 7) is 0. The van der Waals surface area contributed by atoms with Crippen LogP contribution in [-0.2, 0) is 0 Å². The fourth-order valence-corrected chi connectivity index (χ4v) is 2.61. The number of nitrogens with one attached hydrogen (secondary N) is 1. The van der Waals surface area contributed by atoms with Crippen LogP contribution in [0.25, 0.3) is 0 Å². The van der Waals surface area contributed by atoms with Crippen molar-refractivity contribution in [3.05, 3.63) is 0 Å². The average Bonchev–Trinajstić information content (AvgIpc) is 1.94. The van der Waals surface area contributed by atoms with E-state index in [1.54, 1.807) is 0 Å². The van der Waals surface area contributed by atoms with E-state index in [1.165, 1.54) is 44.9 Å². The van der Waals surface area contributed by atoms with E-state index >= 15 is 0 Å². The maximum absolute atomic E-state index is 3.20. The van der Waals surface area contributed by atoms with Crippen LogP contribution in [0, 0.1) is 0 Å². The second-order valence-corrected chi connectivity index (χ2v) is 4.60. The second-order valence-electron chi connectivity index (χ2n) is 3.29. The van der Waals surface area contributed by atoms with Gasteiger partial charge in [0.1, 0.15) is 0 Å². The van der Waals surface area contributed by atoms with Gasteiger partial charge in [0.15, 0.2) is 0 Å². The monoisotopic (exact) mass is 173 g/mol. The van der Waals surface area contributed by atoms with Crippen LogP contribution in [0.2, 0.25) is 0 Å². The Kier molecular flexibility index (Phi) is 5.04. The third kappa shape index (κ3) is 4.02. The molecule has 2 heteroatoms. The summed E-state index contributed by atoms with van der Waals surface area (Å²) in [7, 11) is 2.03. The van der Waals surface area contributed by atoms with Crippen LogP contribution in [0.3, 0.4) is 0 Å². The van der Waals surface area contributed by atoms with Crippen molar-refractivity contribution in [3.63, 3.8) is 0 Å². The molecule has 1 nitrogen and oxygen atoms in total. The molecule has 0 aromatic heterocycles. The first-order valence-corrected chi connectivity index (χ1v) is 5.64. The Morgan fingerprint density at radius 3 is 2.09 bits per heavy atom. The fourth-order valence-electron chi connectivity index (χ4n) is 1.70. The Morgan fingerprint density at radius 1 is 1.00 bits per heavy atom. The molecule has 0 spiro atoms. The zero-order valence-corrected chi connectivity index (χ0v) is 8.25. The number of rotatable bonds is 2. The lowest BCUT2D eigenvalue weighted by molar-refractivity contribution is 0.512. The summed E-state index contributed by atoms with van der Waals surface area (Å²) in [5.41, 5.74) is 0. The maximum atomic E-state index is 3.20. The minimum absolute atomic E-state index is 0.889. The Labute approximate surface area is 74.5 Å². The molecule has 0 radical (unpaired) electrons. The topological polar surface area (TPSA) is 12.0 Å². The average molecular weight is 173 g/mol.